The third kappa shape index (κ3) is 73.6. The predicted molar refractivity (Wildman–Crippen MR) is 310 cm³/mol. The molecule has 20 heteroatoms. The number of nitrogens with one attached hydrogen (secondary N) is 1. The highest BCUT2D eigenvalue weighted by atomic mass is 28.4. The van der Waals surface area contributed by atoms with E-state index in [0.29, 0.717) is 52.9 Å². The summed E-state index contributed by atoms with van der Waals surface area (Å²) in [5.41, 5.74) is 0. The molecule has 0 spiro atoms. The summed E-state index contributed by atoms with van der Waals surface area (Å²) in [5, 5.41) is 59.2. The van der Waals surface area contributed by atoms with Crippen LogP contribution in [0.3, 0.4) is 0 Å². The number of nitrogens with zero attached hydrogens (tertiary/aromatic N) is 1. The summed E-state index contributed by atoms with van der Waals surface area (Å²) in [7, 11) is -0.414. The number of quaternary nitrogens is 1. The van der Waals surface area contributed by atoms with Gasteiger partial charge in [0.25, 0.3) is 0 Å². The van der Waals surface area contributed by atoms with E-state index in [-0.39, 0.29) is 34.5 Å². The molecular weight excluding hydrogens is 989 g/mol. The number of hydrogen-bond acceptors (Lipinski definition) is 15. The van der Waals surface area contributed by atoms with Crippen molar-refractivity contribution in [3.8, 4) is 0 Å². The topological polar surface area (TPSA) is 229 Å². The van der Waals surface area contributed by atoms with Crippen molar-refractivity contribution in [2.45, 2.75) is 235 Å². The number of aliphatic hydroxyl groups is 4. The van der Waals surface area contributed by atoms with Crippen molar-refractivity contribution in [2.75, 3.05) is 93.6 Å². The van der Waals surface area contributed by atoms with E-state index in [1.807, 2.05) is 27.8 Å². The molecule has 0 aromatic carbocycles. The van der Waals surface area contributed by atoms with E-state index in [0.717, 1.165) is 100 Å². The summed E-state index contributed by atoms with van der Waals surface area (Å²) >= 11 is 0. The lowest BCUT2D eigenvalue weighted by Crippen LogP contribution is -2.47. The minimum absolute atomic E-state index is 0. The van der Waals surface area contributed by atoms with E-state index in [1.165, 1.54) is 25.7 Å². The third-order valence-electron chi connectivity index (χ3n) is 10.4. The van der Waals surface area contributed by atoms with E-state index < -0.39 is 57.9 Å². The maximum atomic E-state index is 10.4. The Kier molecular flexibility index (Phi) is 67.3. The van der Waals surface area contributed by atoms with Crippen LogP contribution in [0.4, 0.5) is 0 Å². The number of hydrogen-bond donors (Lipinski definition) is 5. The maximum Gasteiger partial charge on any atom is 0.173 e. The van der Waals surface area contributed by atoms with Crippen LogP contribution in [0.25, 0.3) is 0 Å². The average Bonchev–Trinajstić information content (AvgIpc) is 3.21. The maximum absolute atomic E-state index is 10.4. The molecule has 4 unspecified atom stereocenters. The number of aliphatic carboxylic acids is 1. The van der Waals surface area contributed by atoms with Crippen molar-refractivity contribution >= 4 is 45.7 Å². The van der Waals surface area contributed by atoms with Crippen molar-refractivity contribution in [1.29, 1.82) is 0 Å². The van der Waals surface area contributed by atoms with E-state index in [1.54, 1.807) is 6.92 Å². The molecule has 4 atom stereocenters. The second kappa shape index (κ2) is 55.1. The molecular formula is C52H125N2O14Si4-. The Hall–Kier alpha value is -0.672. The van der Waals surface area contributed by atoms with Crippen LogP contribution in [0.2, 0.25) is 76.6 Å². The average molecular weight is 1110 g/mol. The fraction of sp³-hybridized carbons (Fsp3) is 0.962. The van der Waals surface area contributed by atoms with Gasteiger partial charge < -0.3 is 77.2 Å². The van der Waals surface area contributed by atoms with Gasteiger partial charge in [0.15, 0.2) is 33.3 Å². The highest BCUT2D eigenvalue weighted by Gasteiger charge is 2.33. The lowest BCUT2D eigenvalue weighted by atomic mass is 10.1. The fourth-order valence-corrected chi connectivity index (χ4v) is 25.0. The van der Waals surface area contributed by atoms with Gasteiger partial charge >= 0.3 is 0 Å². The minimum Gasteiger partial charge on any atom is -0.554 e. The van der Waals surface area contributed by atoms with E-state index in [2.05, 4.69) is 78.7 Å². The summed E-state index contributed by atoms with van der Waals surface area (Å²) in [6.07, 6.45) is 10.0. The monoisotopic (exact) mass is 1110 g/mol. The van der Waals surface area contributed by atoms with Crippen molar-refractivity contribution in [1.82, 2.24) is 5.32 Å². The molecule has 0 aromatic heterocycles. The number of carbonyl (C=O) groups excluding carboxylic acids is 2. The molecule has 0 aromatic rings. The Balaban J connectivity index is -0.000000160. The summed E-state index contributed by atoms with van der Waals surface area (Å²) in [6, 6.07) is 4.33. The van der Waals surface area contributed by atoms with Gasteiger partial charge in [-0.25, -0.2) is 0 Å². The molecule has 0 rings (SSSR count). The molecule has 0 heterocycles. The highest BCUT2D eigenvalue weighted by molar-refractivity contribution is 6.85. The number of carboxylic acid groups (broad SMARTS) is 2. The first-order valence-electron chi connectivity index (χ1n) is 26.2. The number of rotatable bonds is 40. The Labute approximate surface area is 450 Å². The molecule has 0 amide bonds. The molecule has 0 bridgehead atoms. The van der Waals surface area contributed by atoms with Crippen LogP contribution < -0.4 is 15.5 Å². The Morgan fingerprint density at radius 3 is 1.25 bits per heavy atom. The molecule has 72 heavy (non-hydrogen) atoms. The smallest absolute Gasteiger partial charge is 0.173 e. The molecule has 0 aliphatic carbocycles. The second-order valence-corrected chi connectivity index (χ2v) is 38.6. The van der Waals surface area contributed by atoms with E-state index in [9.17, 15) is 20.4 Å². The van der Waals surface area contributed by atoms with Crippen LogP contribution in [0, 0.1) is 0 Å². The third-order valence-corrected chi connectivity index (χ3v) is 25.5. The van der Waals surface area contributed by atoms with Gasteiger partial charge in [0, 0.05) is 38.9 Å². The normalized spacial score (nSPS) is 13.2. The molecule has 0 saturated carbocycles. The van der Waals surface area contributed by atoms with Gasteiger partial charge in [-0.15, -0.1) is 0 Å². The summed E-state index contributed by atoms with van der Waals surface area (Å²) in [6.45, 7) is 36.0. The number of ether oxygens (including phenoxy) is 4. The molecule has 0 aliphatic heterocycles. The quantitative estimate of drug-likeness (QED) is 0.0169. The van der Waals surface area contributed by atoms with Gasteiger partial charge in [0.05, 0.1) is 65.4 Å². The number of likely N-dealkylation sites (N-methyl/N-ethyl adjacent to an activating group) is 1. The molecule has 0 aliphatic rings. The highest BCUT2D eigenvalue weighted by Crippen LogP contribution is 2.25. The molecule has 0 radical (unpaired) electrons. The van der Waals surface area contributed by atoms with Crippen LogP contribution >= 0.6 is 0 Å². The lowest BCUT2D eigenvalue weighted by molar-refractivity contribution is -0.893. The van der Waals surface area contributed by atoms with Crippen molar-refractivity contribution < 1.29 is 71.9 Å². The molecule has 0 fully saturated rings. The van der Waals surface area contributed by atoms with Crippen LogP contribution in [-0.4, -0.2) is 189 Å². The van der Waals surface area contributed by atoms with Gasteiger partial charge in [0.1, 0.15) is 12.6 Å². The van der Waals surface area contributed by atoms with Gasteiger partial charge in [-0.3, -0.25) is 0 Å². The zero-order valence-corrected chi connectivity index (χ0v) is 51.6. The zero-order chi connectivity index (χ0) is 54.4. The molecule has 0 saturated heterocycles. The van der Waals surface area contributed by atoms with Crippen LogP contribution in [0.5, 0.6) is 0 Å². The van der Waals surface area contributed by atoms with Gasteiger partial charge in [-0.2, -0.15) is 0 Å². The van der Waals surface area contributed by atoms with E-state index >= 15 is 0 Å². The van der Waals surface area contributed by atoms with Crippen molar-refractivity contribution in [3.63, 3.8) is 0 Å². The molecule has 444 valence electrons. The largest absolute Gasteiger partial charge is 0.554 e. The Morgan fingerprint density at radius 1 is 0.611 bits per heavy atom. The van der Waals surface area contributed by atoms with Gasteiger partial charge in [0.2, 0.25) is 0 Å². The van der Waals surface area contributed by atoms with E-state index in [4.69, 9.17) is 47.0 Å². The second-order valence-electron chi connectivity index (χ2n) is 20.9. The van der Waals surface area contributed by atoms with Gasteiger partial charge in [-0.1, -0.05) is 62.8 Å². The first kappa shape index (κ1) is 88.0. The van der Waals surface area contributed by atoms with Gasteiger partial charge in [-0.05, 0) is 162 Å². The van der Waals surface area contributed by atoms with Crippen LogP contribution in [-0.2, 0) is 36.8 Å². The summed E-state index contributed by atoms with van der Waals surface area (Å²) in [5.74, 6) is -1.08. The predicted octanol–water partition coefficient (Wildman–Crippen LogP) is 8.04. The van der Waals surface area contributed by atoms with Crippen LogP contribution in [0.15, 0.2) is 0 Å². The summed E-state index contributed by atoms with van der Waals surface area (Å²) < 4.78 is 36.6. The zero-order valence-electron chi connectivity index (χ0n) is 47.6. The van der Waals surface area contributed by atoms with Crippen molar-refractivity contribution in [3.05, 3.63) is 0 Å². The fourth-order valence-electron chi connectivity index (χ4n) is 7.46. The Morgan fingerprint density at radius 2 is 0.931 bits per heavy atom. The Bertz CT molecular complexity index is 1130. The minimum atomic E-state index is -1.74. The molecule has 16 nitrogen and oxygen atoms in total. The number of unbranched alkanes of at least 4 members (excludes halogenated alkanes) is 3. The SMILES string of the molecule is C.C.C.CC.CC(=O)[O-].CCCC(O)COCCC[Si](C)(C)O[Si](C)(C)CCCOCC(O)CC.CNCCCCCC[N+](C)(C)CC(O)COCCC[Si](C)(C)O[Si](C)(C)CCCOCC(C)O.O=C[O-]. The van der Waals surface area contributed by atoms with Crippen molar-refractivity contribution in [2.24, 2.45) is 0 Å². The number of carbonyl (C=O) groups is 2. The standard InChI is InChI=1S/C25H59N2O5Si2.C19H44O5Si2.C2H4O2.C2H6.CH2O2.3CH4/c1-24(28)22-30-17-13-19-33(5,6)32-34(7,8)20-14-18-31-23-25(29)21-27(3,4)16-12-10-9-11-15-26-2;1-7-11-19(21)17-23-13-10-15-26(5,6)24-25(3,4)14-9-12-22-16-18(20)8-2;1-2(3)4;1-2;2-1-3;;;/h24-26,28-29H,9-23H2,1-8H3;18-21H,7-17H2,1-6H3;1H3,(H,3,4);1-2H3;1H,(H,2,3);3*1H4/q+1;;;;;;;/p-2. The first-order valence-corrected chi connectivity index (χ1v) is 38.6. The molecule has 5 N–H and O–H groups in total. The summed E-state index contributed by atoms with van der Waals surface area (Å²) in [4.78, 5) is 17.1. The number of aliphatic hydroxyl groups excluding tert-OH is 4. The van der Waals surface area contributed by atoms with Crippen LogP contribution in [0.1, 0.15) is 134 Å². The lowest BCUT2D eigenvalue weighted by Gasteiger charge is -2.34. The number of carboxylic acids is 1. The first-order chi connectivity index (χ1) is 32.0.